The molecule has 0 aliphatic carbocycles. The highest BCUT2D eigenvalue weighted by Crippen LogP contribution is 2.12. The number of hydrogen-bond donors (Lipinski definition) is 2. The average molecular weight is 263 g/mol. The largest absolute Gasteiger partial charge is 0.478 e. The summed E-state index contributed by atoms with van der Waals surface area (Å²) in [4.78, 5) is 22.6. The number of nitrogens with one attached hydrogen (secondary N) is 1. The molecule has 0 aromatic heterocycles. The Hall–Kier alpha value is -1.88. The van der Waals surface area contributed by atoms with Crippen LogP contribution in [0.4, 0.5) is 0 Å². The highest BCUT2D eigenvalue weighted by atomic mass is 16.5. The summed E-state index contributed by atoms with van der Waals surface area (Å²) in [6.07, 6.45) is 1.40. The van der Waals surface area contributed by atoms with E-state index in [1.807, 2.05) is 6.07 Å². The Morgan fingerprint density at radius 2 is 2.26 bits per heavy atom. The summed E-state index contributed by atoms with van der Waals surface area (Å²) < 4.78 is 5.16. The maximum atomic E-state index is 11.7. The number of hydrogen-bond acceptors (Lipinski definition) is 3. The second kappa shape index (κ2) is 6.33. The van der Waals surface area contributed by atoms with Crippen molar-refractivity contribution in [3.63, 3.8) is 0 Å². The van der Waals surface area contributed by atoms with Crippen molar-refractivity contribution in [2.45, 2.75) is 12.8 Å². The number of carbonyl (C=O) groups excluding carboxylic acids is 1. The van der Waals surface area contributed by atoms with Crippen molar-refractivity contribution in [1.29, 1.82) is 0 Å². The van der Waals surface area contributed by atoms with Crippen LogP contribution in [0.15, 0.2) is 24.3 Å². The van der Waals surface area contributed by atoms with Gasteiger partial charge in [-0.15, -0.1) is 0 Å². The van der Waals surface area contributed by atoms with Crippen LogP contribution < -0.4 is 5.32 Å². The van der Waals surface area contributed by atoms with E-state index in [4.69, 9.17) is 9.84 Å². The Morgan fingerprint density at radius 1 is 1.42 bits per heavy atom. The first-order valence-corrected chi connectivity index (χ1v) is 6.34. The monoisotopic (exact) mass is 263 g/mol. The fraction of sp³-hybridized carbons (Fsp3) is 0.429. The maximum absolute atomic E-state index is 11.7. The van der Waals surface area contributed by atoms with Crippen LogP contribution in [0, 0.1) is 5.92 Å². The predicted octanol–water partition coefficient (Wildman–Crippen LogP) is 1.08. The zero-order valence-corrected chi connectivity index (χ0v) is 10.6. The van der Waals surface area contributed by atoms with Crippen molar-refractivity contribution >= 4 is 11.9 Å². The second-order valence-corrected chi connectivity index (χ2v) is 4.61. The molecule has 1 amide bonds. The number of carboxylic acids is 1. The van der Waals surface area contributed by atoms with Gasteiger partial charge in [0.1, 0.15) is 0 Å². The van der Waals surface area contributed by atoms with Crippen molar-refractivity contribution in [3.8, 4) is 0 Å². The van der Waals surface area contributed by atoms with Gasteiger partial charge < -0.3 is 15.2 Å². The van der Waals surface area contributed by atoms with E-state index in [9.17, 15) is 9.59 Å². The molecule has 5 heteroatoms. The second-order valence-electron chi connectivity index (χ2n) is 4.61. The number of rotatable bonds is 5. The fourth-order valence-electron chi connectivity index (χ4n) is 2.08. The summed E-state index contributed by atoms with van der Waals surface area (Å²) in [5, 5.41) is 11.7. The number of benzene rings is 1. The van der Waals surface area contributed by atoms with Gasteiger partial charge in [-0.25, -0.2) is 4.79 Å². The zero-order chi connectivity index (χ0) is 13.7. The van der Waals surface area contributed by atoms with Gasteiger partial charge in [0.15, 0.2) is 0 Å². The Kier molecular flexibility index (Phi) is 4.52. The Balaban J connectivity index is 1.80. The molecule has 1 atom stereocenters. The number of ether oxygens (including phenoxy) is 1. The van der Waals surface area contributed by atoms with E-state index in [0.717, 1.165) is 12.0 Å². The summed E-state index contributed by atoms with van der Waals surface area (Å²) >= 11 is 0. The third-order valence-corrected chi connectivity index (χ3v) is 3.19. The van der Waals surface area contributed by atoms with Gasteiger partial charge in [-0.05, 0) is 30.5 Å². The SMILES string of the molecule is O=C(O)c1cccc(CCNC(=O)C2CCOC2)c1. The van der Waals surface area contributed by atoms with Crippen molar-refractivity contribution < 1.29 is 19.4 Å². The summed E-state index contributed by atoms with van der Waals surface area (Å²) in [5.41, 5.74) is 1.18. The van der Waals surface area contributed by atoms with Crippen LogP contribution in [0.5, 0.6) is 0 Å². The molecular weight excluding hydrogens is 246 g/mol. The van der Waals surface area contributed by atoms with E-state index in [-0.39, 0.29) is 17.4 Å². The van der Waals surface area contributed by atoms with Crippen LogP contribution in [-0.4, -0.2) is 36.7 Å². The molecule has 1 heterocycles. The number of aromatic carboxylic acids is 1. The lowest BCUT2D eigenvalue weighted by Crippen LogP contribution is -2.32. The lowest BCUT2D eigenvalue weighted by molar-refractivity contribution is -0.124. The molecule has 1 aromatic carbocycles. The molecule has 0 spiro atoms. The molecule has 1 aliphatic rings. The summed E-state index contributed by atoms with van der Waals surface area (Å²) in [5.74, 6) is -0.953. The van der Waals surface area contributed by atoms with Gasteiger partial charge in [-0.3, -0.25) is 4.79 Å². The molecule has 0 radical (unpaired) electrons. The zero-order valence-electron chi connectivity index (χ0n) is 10.6. The number of amides is 1. The van der Waals surface area contributed by atoms with Gasteiger partial charge in [0.25, 0.3) is 0 Å². The summed E-state index contributed by atoms with van der Waals surface area (Å²) in [6.45, 7) is 1.66. The molecule has 0 bridgehead atoms. The molecule has 1 unspecified atom stereocenters. The molecule has 1 aliphatic heterocycles. The number of carbonyl (C=O) groups is 2. The molecule has 19 heavy (non-hydrogen) atoms. The Labute approximate surface area is 111 Å². The first-order valence-electron chi connectivity index (χ1n) is 6.34. The molecular formula is C14H17NO4. The molecule has 5 nitrogen and oxygen atoms in total. The van der Waals surface area contributed by atoms with Crippen molar-refractivity contribution in [2.75, 3.05) is 19.8 Å². The van der Waals surface area contributed by atoms with E-state index >= 15 is 0 Å². The van der Waals surface area contributed by atoms with E-state index in [0.29, 0.717) is 26.2 Å². The fourth-order valence-corrected chi connectivity index (χ4v) is 2.08. The minimum Gasteiger partial charge on any atom is -0.478 e. The quantitative estimate of drug-likeness (QED) is 0.833. The smallest absolute Gasteiger partial charge is 0.335 e. The van der Waals surface area contributed by atoms with Crippen molar-refractivity contribution in [1.82, 2.24) is 5.32 Å². The van der Waals surface area contributed by atoms with Gasteiger partial charge in [0.2, 0.25) is 5.91 Å². The molecule has 1 saturated heterocycles. The van der Waals surface area contributed by atoms with Crippen LogP contribution in [0.2, 0.25) is 0 Å². The first kappa shape index (κ1) is 13.5. The molecule has 102 valence electrons. The van der Waals surface area contributed by atoms with Gasteiger partial charge in [0.05, 0.1) is 18.1 Å². The summed E-state index contributed by atoms with van der Waals surface area (Å²) in [7, 11) is 0. The van der Waals surface area contributed by atoms with Gasteiger partial charge in [0, 0.05) is 13.2 Å². The minimum atomic E-state index is -0.936. The Bertz CT molecular complexity index is 466. The Morgan fingerprint density at radius 3 is 2.95 bits per heavy atom. The molecule has 2 rings (SSSR count). The predicted molar refractivity (Wildman–Crippen MR) is 69.0 cm³/mol. The minimum absolute atomic E-state index is 0.0203. The topological polar surface area (TPSA) is 75.6 Å². The van der Waals surface area contributed by atoms with Gasteiger partial charge in [-0.1, -0.05) is 12.1 Å². The van der Waals surface area contributed by atoms with Gasteiger partial charge in [-0.2, -0.15) is 0 Å². The van der Waals surface area contributed by atoms with Crippen molar-refractivity contribution in [3.05, 3.63) is 35.4 Å². The third kappa shape index (κ3) is 3.79. The third-order valence-electron chi connectivity index (χ3n) is 3.19. The van der Waals surface area contributed by atoms with Crippen LogP contribution in [0.25, 0.3) is 0 Å². The number of carboxylic acid groups (broad SMARTS) is 1. The summed E-state index contributed by atoms with van der Waals surface area (Å²) in [6, 6.07) is 6.76. The van der Waals surface area contributed by atoms with Crippen LogP contribution in [0.3, 0.4) is 0 Å². The van der Waals surface area contributed by atoms with E-state index in [2.05, 4.69) is 5.32 Å². The maximum Gasteiger partial charge on any atom is 0.335 e. The van der Waals surface area contributed by atoms with Crippen LogP contribution in [0.1, 0.15) is 22.3 Å². The lowest BCUT2D eigenvalue weighted by atomic mass is 10.1. The molecule has 0 saturated carbocycles. The molecule has 2 N–H and O–H groups in total. The van der Waals surface area contributed by atoms with Crippen LogP contribution in [-0.2, 0) is 16.0 Å². The van der Waals surface area contributed by atoms with Crippen LogP contribution >= 0.6 is 0 Å². The van der Waals surface area contributed by atoms with Gasteiger partial charge >= 0.3 is 5.97 Å². The molecule has 1 fully saturated rings. The first-order chi connectivity index (χ1) is 9.16. The molecule has 1 aromatic rings. The highest BCUT2D eigenvalue weighted by molar-refractivity contribution is 5.87. The van der Waals surface area contributed by atoms with E-state index in [1.54, 1.807) is 18.2 Å². The standard InChI is InChI=1S/C14H17NO4/c16-13(12-5-7-19-9-12)15-6-4-10-2-1-3-11(8-10)14(17)18/h1-3,8,12H,4-7,9H2,(H,15,16)(H,17,18). The lowest BCUT2D eigenvalue weighted by Gasteiger charge is -2.09. The van der Waals surface area contributed by atoms with Crippen molar-refractivity contribution in [2.24, 2.45) is 5.92 Å². The van der Waals surface area contributed by atoms with E-state index in [1.165, 1.54) is 0 Å². The average Bonchev–Trinajstić information content (AvgIpc) is 2.93. The van der Waals surface area contributed by atoms with E-state index < -0.39 is 5.97 Å². The highest BCUT2D eigenvalue weighted by Gasteiger charge is 2.22. The normalized spacial score (nSPS) is 18.2.